The minimum atomic E-state index is -0.329. The molecule has 3 heterocycles. The van der Waals surface area contributed by atoms with E-state index in [0.29, 0.717) is 17.2 Å². The summed E-state index contributed by atoms with van der Waals surface area (Å²) in [6, 6.07) is 12.0. The third-order valence-corrected chi connectivity index (χ3v) is 7.85. The lowest BCUT2D eigenvalue weighted by Crippen LogP contribution is -2.28. The van der Waals surface area contributed by atoms with Gasteiger partial charge < -0.3 is 9.26 Å². The Morgan fingerprint density at radius 1 is 1.17 bits per heavy atom. The maximum atomic E-state index is 13.7. The highest BCUT2D eigenvalue weighted by atomic mass is 32.1. The molecule has 35 heavy (non-hydrogen) atoms. The van der Waals surface area contributed by atoms with Gasteiger partial charge in [-0.25, -0.2) is 9.78 Å². The molecule has 0 N–H and O–H groups in total. The monoisotopic (exact) mass is 486 g/mol. The molecule has 5 rings (SSSR count). The summed E-state index contributed by atoms with van der Waals surface area (Å²) in [7, 11) is 0. The van der Waals surface area contributed by atoms with E-state index in [0.717, 1.165) is 46.3 Å². The van der Waals surface area contributed by atoms with Crippen molar-refractivity contribution in [3.63, 3.8) is 0 Å². The van der Waals surface area contributed by atoms with Crippen molar-refractivity contribution in [2.24, 2.45) is 11.3 Å². The van der Waals surface area contributed by atoms with Crippen molar-refractivity contribution in [2.75, 3.05) is 0 Å². The maximum Gasteiger partial charge on any atom is 0.339 e. The van der Waals surface area contributed by atoms with Gasteiger partial charge >= 0.3 is 5.97 Å². The Balaban J connectivity index is 1.66. The third kappa shape index (κ3) is 4.55. The smallest absolute Gasteiger partial charge is 0.339 e. The number of fused-ring (bicyclic) bond motifs is 2. The summed E-state index contributed by atoms with van der Waals surface area (Å²) < 4.78 is 11.1. The van der Waals surface area contributed by atoms with Gasteiger partial charge in [0, 0.05) is 10.3 Å². The first-order valence-electron chi connectivity index (χ1n) is 12.0. The molecule has 4 aromatic rings. The van der Waals surface area contributed by atoms with Crippen LogP contribution in [0.4, 0.5) is 0 Å². The number of hydrogen-bond donors (Lipinski definition) is 0. The van der Waals surface area contributed by atoms with E-state index in [1.165, 1.54) is 10.5 Å². The second kappa shape index (κ2) is 9.08. The largest absolute Gasteiger partial charge is 0.457 e. The molecule has 0 aliphatic heterocycles. The van der Waals surface area contributed by atoms with Gasteiger partial charge in [-0.1, -0.05) is 50.2 Å². The molecule has 1 aliphatic rings. The van der Waals surface area contributed by atoms with E-state index < -0.39 is 0 Å². The molecule has 3 aromatic heterocycles. The fraction of sp³-hybridized carbons (Fsp3) is 0.345. The van der Waals surface area contributed by atoms with Crippen molar-refractivity contribution in [2.45, 2.75) is 54.1 Å². The van der Waals surface area contributed by atoms with Crippen molar-refractivity contribution in [1.82, 2.24) is 10.1 Å². The molecule has 1 aromatic carbocycles. The Kier molecular flexibility index (Phi) is 6.09. The number of esters is 1. The zero-order chi connectivity index (χ0) is 24.7. The van der Waals surface area contributed by atoms with Crippen LogP contribution in [0.5, 0.6) is 0 Å². The summed E-state index contributed by atoms with van der Waals surface area (Å²) in [5.74, 6) is 0.717. The van der Waals surface area contributed by atoms with Crippen molar-refractivity contribution in [3.05, 3.63) is 80.5 Å². The first-order valence-corrected chi connectivity index (χ1v) is 12.8. The molecule has 5 nitrogen and oxygen atoms in total. The van der Waals surface area contributed by atoms with E-state index >= 15 is 0 Å². The molecule has 0 saturated heterocycles. The number of ether oxygens (including phenoxy) is 1. The lowest BCUT2D eigenvalue weighted by Gasteiger charge is -2.36. The van der Waals surface area contributed by atoms with Crippen LogP contribution in [0.1, 0.15) is 70.7 Å². The van der Waals surface area contributed by atoms with Crippen LogP contribution >= 0.6 is 11.3 Å². The number of carbonyl (C=O) groups excluding carboxylic acids is 1. The van der Waals surface area contributed by atoms with Gasteiger partial charge in [0.1, 0.15) is 12.4 Å². The number of nitrogens with zero attached hydrogens (tertiary/aromatic N) is 2. The minimum absolute atomic E-state index is 0.0791. The van der Waals surface area contributed by atoms with Crippen LogP contribution in [0.15, 0.2) is 46.3 Å². The van der Waals surface area contributed by atoms with Crippen LogP contribution in [0.3, 0.4) is 0 Å². The number of aromatic nitrogens is 2. The number of thiophene rings is 1. The lowest BCUT2D eigenvalue weighted by molar-refractivity contribution is 0.0470. The van der Waals surface area contributed by atoms with Gasteiger partial charge in [-0.2, -0.15) is 0 Å². The number of para-hydroxylation sites is 1. The predicted molar refractivity (Wildman–Crippen MR) is 140 cm³/mol. The summed E-state index contributed by atoms with van der Waals surface area (Å²) >= 11 is 1.71. The van der Waals surface area contributed by atoms with Crippen LogP contribution in [0.2, 0.25) is 0 Å². The topological polar surface area (TPSA) is 65.2 Å². The Labute approximate surface area is 209 Å². The average molecular weight is 487 g/mol. The standard InChI is InChI=1S/C29H30N2O3S/c1-17-24(18(2)34-31-17)16-33-28(32)26-22-10-6-7-11-25(22)30-27-19(14-21-9-8-12-35-21)13-20(15-23(26)27)29(3,4)5/h6-12,14,20H,13,15-16H2,1-5H3. The summed E-state index contributed by atoms with van der Waals surface area (Å²) in [5, 5.41) is 6.91. The summed E-state index contributed by atoms with van der Waals surface area (Å²) in [4.78, 5) is 20.0. The Morgan fingerprint density at radius 2 is 1.97 bits per heavy atom. The summed E-state index contributed by atoms with van der Waals surface area (Å²) in [6.07, 6.45) is 3.95. The lowest BCUT2D eigenvalue weighted by atomic mass is 9.69. The van der Waals surface area contributed by atoms with E-state index in [1.807, 2.05) is 38.1 Å². The van der Waals surface area contributed by atoms with Crippen LogP contribution in [0, 0.1) is 25.2 Å². The zero-order valence-electron chi connectivity index (χ0n) is 20.8. The van der Waals surface area contributed by atoms with Gasteiger partial charge in [-0.3, -0.25) is 0 Å². The van der Waals surface area contributed by atoms with Gasteiger partial charge in [0.15, 0.2) is 0 Å². The summed E-state index contributed by atoms with van der Waals surface area (Å²) in [6.45, 7) is 10.6. The van der Waals surface area contributed by atoms with Gasteiger partial charge in [-0.15, -0.1) is 11.3 Å². The number of pyridine rings is 1. The van der Waals surface area contributed by atoms with Gasteiger partial charge in [0.05, 0.1) is 28.0 Å². The minimum Gasteiger partial charge on any atom is -0.457 e. The highest BCUT2D eigenvalue weighted by Crippen LogP contribution is 2.45. The molecular formula is C29H30N2O3S. The molecule has 0 amide bonds. The molecule has 0 radical (unpaired) electrons. The SMILES string of the molecule is Cc1noc(C)c1COC(=O)c1c2c(nc3ccccc13)C(=Cc1cccs1)CC(C(C)(C)C)C2. The van der Waals surface area contributed by atoms with Crippen molar-refractivity contribution in [1.29, 1.82) is 0 Å². The van der Waals surface area contributed by atoms with Crippen molar-refractivity contribution >= 4 is 39.9 Å². The van der Waals surface area contributed by atoms with Crippen LogP contribution in [0.25, 0.3) is 22.6 Å². The maximum absolute atomic E-state index is 13.7. The average Bonchev–Trinajstić information content (AvgIpc) is 3.44. The second-order valence-corrected chi connectivity index (χ2v) is 11.3. The highest BCUT2D eigenvalue weighted by molar-refractivity contribution is 7.10. The number of rotatable bonds is 4. The van der Waals surface area contributed by atoms with Crippen LogP contribution < -0.4 is 0 Å². The number of benzene rings is 1. The fourth-order valence-electron chi connectivity index (χ4n) is 4.83. The number of allylic oxidation sites excluding steroid dienone is 1. The van der Waals surface area contributed by atoms with Gasteiger partial charge in [0.2, 0.25) is 0 Å². The first-order chi connectivity index (χ1) is 16.7. The first kappa shape index (κ1) is 23.5. The quantitative estimate of drug-likeness (QED) is 0.281. The van der Waals surface area contributed by atoms with E-state index in [1.54, 1.807) is 11.3 Å². The predicted octanol–water partition coefficient (Wildman–Crippen LogP) is 7.41. The molecule has 0 bridgehead atoms. The van der Waals surface area contributed by atoms with E-state index in [4.69, 9.17) is 14.2 Å². The second-order valence-electron chi connectivity index (χ2n) is 10.4. The Morgan fingerprint density at radius 3 is 2.66 bits per heavy atom. The Bertz CT molecular complexity index is 1400. The zero-order valence-corrected chi connectivity index (χ0v) is 21.7. The summed E-state index contributed by atoms with van der Waals surface area (Å²) in [5.41, 5.74) is 6.16. The molecule has 0 spiro atoms. The van der Waals surface area contributed by atoms with E-state index in [-0.39, 0.29) is 18.0 Å². The third-order valence-electron chi connectivity index (χ3n) is 7.03. The van der Waals surface area contributed by atoms with Gasteiger partial charge in [0.25, 0.3) is 0 Å². The molecule has 1 unspecified atom stereocenters. The van der Waals surface area contributed by atoms with Crippen LogP contribution in [-0.2, 0) is 17.8 Å². The number of hydrogen-bond acceptors (Lipinski definition) is 6. The molecule has 1 aliphatic carbocycles. The molecule has 180 valence electrons. The van der Waals surface area contributed by atoms with E-state index in [9.17, 15) is 4.79 Å². The number of carbonyl (C=O) groups is 1. The van der Waals surface area contributed by atoms with Crippen LogP contribution in [-0.4, -0.2) is 16.1 Å². The van der Waals surface area contributed by atoms with E-state index in [2.05, 4.69) is 49.5 Å². The molecular weight excluding hydrogens is 456 g/mol. The molecule has 1 atom stereocenters. The van der Waals surface area contributed by atoms with Crippen molar-refractivity contribution < 1.29 is 14.1 Å². The number of aryl methyl sites for hydroxylation is 2. The molecule has 0 saturated carbocycles. The molecule has 0 fully saturated rings. The molecule has 6 heteroatoms. The fourth-order valence-corrected chi connectivity index (χ4v) is 5.51. The van der Waals surface area contributed by atoms with Crippen molar-refractivity contribution in [3.8, 4) is 0 Å². The Hall–Kier alpha value is -3.25. The van der Waals surface area contributed by atoms with Gasteiger partial charge in [-0.05, 0) is 72.7 Å². The normalized spacial score (nSPS) is 17.1. The highest BCUT2D eigenvalue weighted by Gasteiger charge is 2.35.